The van der Waals surface area contributed by atoms with Crippen molar-refractivity contribution in [3.63, 3.8) is 0 Å². The van der Waals surface area contributed by atoms with E-state index in [0.29, 0.717) is 17.2 Å². The third-order valence-corrected chi connectivity index (χ3v) is 4.64. The van der Waals surface area contributed by atoms with Crippen LogP contribution >= 0.6 is 0 Å². The van der Waals surface area contributed by atoms with Crippen molar-refractivity contribution in [2.75, 3.05) is 25.2 Å². The minimum Gasteiger partial charge on any atom is -0.495 e. The smallest absolute Gasteiger partial charge is 0.185 e. The van der Waals surface area contributed by atoms with Gasteiger partial charge in [-0.2, -0.15) is 0 Å². The van der Waals surface area contributed by atoms with Gasteiger partial charge in [-0.25, -0.2) is 8.42 Å². The first-order valence-corrected chi connectivity index (χ1v) is 8.03. The van der Waals surface area contributed by atoms with Gasteiger partial charge in [0.2, 0.25) is 0 Å². The Balaban J connectivity index is 2.07. The van der Waals surface area contributed by atoms with E-state index in [1.165, 1.54) is 13.2 Å². The molecule has 0 aliphatic rings. The molecule has 2 rings (SSSR count). The summed E-state index contributed by atoms with van der Waals surface area (Å²) < 4.78 is 35.1. The molecule has 0 saturated heterocycles. The van der Waals surface area contributed by atoms with Crippen molar-refractivity contribution >= 4 is 15.5 Å². The van der Waals surface area contributed by atoms with Gasteiger partial charge in [0.15, 0.2) is 9.84 Å². The van der Waals surface area contributed by atoms with Gasteiger partial charge in [-0.3, -0.25) is 0 Å². The molecule has 112 valence electrons. The summed E-state index contributed by atoms with van der Waals surface area (Å²) in [5, 5.41) is 0. The molecule has 21 heavy (non-hydrogen) atoms. The van der Waals surface area contributed by atoms with Crippen LogP contribution in [0.5, 0.6) is 11.5 Å². The minimum atomic E-state index is -3.48. The third kappa shape index (κ3) is 3.66. The van der Waals surface area contributed by atoms with Crippen LogP contribution in [0.15, 0.2) is 53.4 Å². The largest absolute Gasteiger partial charge is 0.495 e. The number of benzene rings is 2. The molecule has 0 aliphatic carbocycles. The van der Waals surface area contributed by atoms with Crippen LogP contribution in [0.1, 0.15) is 0 Å². The molecule has 0 spiro atoms. The van der Waals surface area contributed by atoms with E-state index in [9.17, 15) is 8.42 Å². The van der Waals surface area contributed by atoms with E-state index in [-0.39, 0.29) is 17.3 Å². The Morgan fingerprint density at radius 3 is 2.29 bits per heavy atom. The number of hydrogen-bond acceptors (Lipinski definition) is 5. The summed E-state index contributed by atoms with van der Waals surface area (Å²) in [7, 11) is -2.04. The summed E-state index contributed by atoms with van der Waals surface area (Å²) in [5.41, 5.74) is 6.21. The molecule has 6 heteroatoms. The maximum atomic E-state index is 12.3. The van der Waals surface area contributed by atoms with E-state index in [1.54, 1.807) is 42.5 Å². The predicted octanol–water partition coefficient (Wildman–Crippen LogP) is 2.13. The first-order valence-electron chi connectivity index (χ1n) is 6.37. The molecular formula is C15H17NO4S. The van der Waals surface area contributed by atoms with Crippen molar-refractivity contribution in [3.8, 4) is 11.5 Å². The molecule has 0 saturated carbocycles. The van der Waals surface area contributed by atoms with Crippen molar-refractivity contribution in [1.29, 1.82) is 0 Å². The zero-order valence-corrected chi connectivity index (χ0v) is 12.5. The standard InChI is InChI=1S/C15H17NO4S/c1-19-14-8-4-5-9-15(14)21(17,18)11-10-20-13-7-3-2-6-12(13)16/h2-9H,10-11,16H2,1H3. The third-order valence-electron chi connectivity index (χ3n) is 2.93. The normalized spacial score (nSPS) is 11.1. The molecule has 0 aromatic heterocycles. The van der Waals surface area contributed by atoms with Crippen molar-refractivity contribution in [3.05, 3.63) is 48.5 Å². The van der Waals surface area contributed by atoms with Crippen LogP contribution in [0.25, 0.3) is 0 Å². The zero-order valence-electron chi connectivity index (χ0n) is 11.7. The van der Waals surface area contributed by atoms with Crippen LogP contribution in [-0.2, 0) is 9.84 Å². The first kappa shape index (κ1) is 15.2. The highest BCUT2D eigenvalue weighted by Crippen LogP contribution is 2.24. The summed E-state index contributed by atoms with van der Waals surface area (Å²) in [5.74, 6) is 0.659. The Morgan fingerprint density at radius 1 is 1.00 bits per heavy atom. The van der Waals surface area contributed by atoms with E-state index >= 15 is 0 Å². The number of rotatable bonds is 6. The SMILES string of the molecule is COc1ccccc1S(=O)(=O)CCOc1ccccc1N. The van der Waals surface area contributed by atoms with Crippen molar-refractivity contribution in [1.82, 2.24) is 0 Å². The molecule has 0 amide bonds. The molecule has 5 nitrogen and oxygen atoms in total. The molecule has 2 aromatic carbocycles. The zero-order chi connectivity index (χ0) is 15.3. The summed E-state index contributed by atoms with van der Waals surface area (Å²) in [6, 6.07) is 13.5. The fourth-order valence-corrected chi connectivity index (χ4v) is 3.13. The second-order valence-corrected chi connectivity index (χ2v) is 6.43. The van der Waals surface area contributed by atoms with Gasteiger partial charge in [-0.1, -0.05) is 24.3 Å². The van der Waals surface area contributed by atoms with Crippen LogP contribution in [-0.4, -0.2) is 27.9 Å². The lowest BCUT2D eigenvalue weighted by molar-refractivity contribution is 0.342. The molecule has 0 fully saturated rings. The van der Waals surface area contributed by atoms with Crippen molar-refractivity contribution in [2.24, 2.45) is 0 Å². The fraction of sp³-hybridized carbons (Fsp3) is 0.200. The topological polar surface area (TPSA) is 78.6 Å². The second kappa shape index (κ2) is 6.49. The molecule has 0 aliphatic heterocycles. The summed E-state index contributed by atoms with van der Waals surface area (Å²) in [6.07, 6.45) is 0. The Hall–Kier alpha value is -2.21. The monoisotopic (exact) mass is 307 g/mol. The van der Waals surface area contributed by atoms with Gasteiger partial charge in [0.25, 0.3) is 0 Å². The van der Waals surface area contributed by atoms with Gasteiger partial charge in [-0.05, 0) is 24.3 Å². The number of anilines is 1. The van der Waals surface area contributed by atoms with E-state index in [4.69, 9.17) is 15.2 Å². The molecule has 0 unspecified atom stereocenters. The summed E-state index contributed by atoms with van der Waals surface area (Å²) in [6.45, 7) is 0.0224. The number of hydrogen-bond donors (Lipinski definition) is 1. The summed E-state index contributed by atoms with van der Waals surface area (Å²) in [4.78, 5) is 0.164. The Bertz CT molecular complexity index is 713. The molecule has 0 bridgehead atoms. The van der Waals surface area contributed by atoms with Gasteiger partial charge in [0, 0.05) is 0 Å². The van der Waals surface area contributed by atoms with Gasteiger partial charge in [-0.15, -0.1) is 0 Å². The second-order valence-electron chi connectivity index (χ2n) is 4.36. The molecule has 2 aromatic rings. The van der Waals surface area contributed by atoms with E-state index in [2.05, 4.69) is 0 Å². The number of ether oxygens (including phenoxy) is 2. The lowest BCUT2D eigenvalue weighted by atomic mass is 10.3. The number of para-hydroxylation sites is 3. The molecule has 2 N–H and O–H groups in total. The number of nitrogen functional groups attached to an aromatic ring is 1. The van der Waals surface area contributed by atoms with Gasteiger partial charge in [0.05, 0.1) is 18.6 Å². The number of nitrogens with two attached hydrogens (primary N) is 1. The first-order chi connectivity index (χ1) is 10.0. The number of sulfone groups is 1. The lowest BCUT2D eigenvalue weighted by Gasteiger charge is -2.11. The predicted molar refractivity (Wildman–Crippen MR) is 81.4 cm³/mol. The maximum Gasteiger partial charge on any atom is 0.185 e. The quantitative estimate of drug-likeness (QED) is 0.827. The van der Waals surface area contributed by atoms with Crippen molar-refractivity contribution < 1.29 is 17.9 Å². The Labute approximate surface area is 124 Å². The number of methoxy groups -OCH3 is 1. The molecular weight excluding hydrogens is 290 g/mol. The van der Waals surface area contributed by atoms with Crippen LogP contribution in [0.4, 0.5) is 5.69 Å². The van der Waals surface area contributed by atoms with Gasteiger partial charge >= 0.3 is 0 Å². The van der Waals surface area contributed by atoms with E-state index in [1.807, 2.05) is 0 Å². The van der Waals surface area contributed by atoms with Crippen LogP contribution in [0, 0.1) is 0 Å². The highest BCUT2D eigenvalue weighted by molar-refractivity contribution is 7.91. The highest BCUT2D eigenvalue weighted by atomic mass is 32.2. The van der Waals surface area contributed by atoms with Crippen LogP contribution in [0.2, 0.25) is 0 Å². The average molecular weight is 307 g/mol. The van der Waals surface area contributed by atoms with Crippen LogP contribution in [0.3, 0.4) is 0 Å². The maximum absolute atomic E-state index is 12.3. The minimum absolute atomic E-state index is 0.0224. The highest BCUT2D eigenvalue weighted by Gasteiger charge is 2.19. The van der Waals surface area contributed by atoms with E-state index in [0.717, 1.165) is 0 Å². The van der Waals surface area contributed by atoms with Crippen molar-refractivity contribution in [2.45, 2.75) is 4.90 Å². The lowest BCUT2D eigenvalue weighted by Crippen LogP contribution is -2.15. The fourth-order valence-electron chi connectivity index (χ4n) is 1.86. The molecule has 0 heterocycles. The van der Waals surface area contributed by atoms with Gasteiger partial charge < -0.3 is 15.2 Å². The van der Waals surface area contributed by atoms with Crippen LogP contribution < -0.4 is 15.2 Å². The molecule has 0 atom stereocenters. The van der Waals surface area contributed by atoms with E-state index < -0.39 is 9.84 Å². The Kier molecular flexibility index (Phi) is 4.70. The Morgan fingerprint density at radius 2 is 1.62 bits per heavy atom. The average Bonchev–Trinajstić information content (AvgIpc) is 2.49. The molecule has 0 radical (unpaired) electrons. The summed E-state index contributed by atoms with van der Waals surface area (Å²) >= 11 is 0. The van der Waals surface area contributed by atoms with Gasteiger partial charge in [0.1, 0.15) is 23.0 Å².